The fourth-order valence-electron chi connectivity index (χ4n) is 4.38. The number of hydrogen-bond donors (Lipinski definition) is 0. The minimum absolute atomic E-state index is 0.0130. The van der Waals surface area contributed by atoms with Gasteiger partial charge in [-0.15, -0.1) is 0 Å². The van der Waals surface area contributed by atoms with Crippen LogP contribution in [0.2, 0.25) is 0 Å². The molecule has 0 spiro atoms. The lowest BCUT2D eigenvalue weighted by molar-refractivity contribution is -0.0193. The number of hydrazone groups is 1. The molecule has 0 N–H and O–H groups in total. The third kappa shape index (κ3) is 3.69. The summed E-state index contributed by atoms with van der Waals surface area (Å²) in [4.78, 5) is 0. The second kappa shape index (κ2) is 8.58. The van der Waals surface area contributed by atoms with E-state index in [0.29, 0.717) is 11.5 Å². The van der Waals surface area contributed by atoms with Crippen LogP contribution in [-0.4, -0.2) is 39.2 Å². The molecular formula is C26H26N2O5. The largest absolute Gasteiger partial charge is 0.497 e. The molecule has 2 aliphatic heterocycles. The Morgan fingerprint density at radius 3 is 2.21 bits per heavy atom. The van der Waals surface area contributed by atoms with Gasteiger partial charge in [0.2, 0.25) is 6.23 Å². The second-order valence-electron chi connectivity index (χ2n) is 7.86. The number of ether oxygens (including phenoxy) is 5. The van der Waals surface area contributed by atoms with Crippen molar-refractivity contribution in [1.82, 2.24) is 5.01 Å². The second-order valence-corrected chi connectivity index (χ2v) is 7.86. The van der Waals surface area contributed by atoms with Gasteiger partial charge < -0.3 is 23.7 Å². The molecule has 33 heavy (non-hydrogen) atoms. The van der Waals surface area contributed by atoms with Crippen LogP contribution in [0, 0.1) is 0 Å². The molecule has 0 aliphatic carbocycles. The van der Waals surface area contributed by atoms with Gasteiger partial charge in [-0.1, -0.05) is 0 Å². The third-order valence-electron chi connectivity index (χ3n) is 6.11. The topological polar surface area (TPSA) is 61.8 Å². The first kappa shape index (κ1) is 21.0. The van der Waals surface area contributed by atoms with E-state index in [1.807, 2.05) is 65.7 Å². The molecule has 0 aromatic heterocycles. The van der Waals surface area contributed by atoms with Crippen molar-refractivity contribution in [2.75, 3.05) is 28.4 Å². The summed E-state index contributed by atoms with van der Waals surface area (Å²) in [6, 6.07) is 19.7. The van der Waals surface area contributed by atoms with Gasteiger partial charge in [0.25, 0.3) is 0 Å². The molecule has 7 heteroatoms. The number of methoxy groups -OCH3 is 4. The lowest BCUT2D eigenvalue weighted by Crippen LogP contribution is -2.33. The van der Waals surface area contributed by atoms with Gasteiger partial charge >= 0.3 is 0 Å². The van der Waals surface area contributed by atoms with Crippen molar-refractivity contribution in [3.8, 4) is 28.7 Å². The Kier molecular flexibility index (Phi) is 5.46. The maximum absolute atomic E-state index is 6.47. The van der Waals surface area contributed by atoms with Gasteiger partial charge in [0.1, 0.15) is 17.2 Å². The number of nitrogens with zero attached hydrogens (tertiary/aromatic N) is 2. The summed E-state index contributed by atoms with van der Waals surface area (Å²) in [7, 11) is 6.59. The van der Waals surface area contributed by atoms with Crippen LogP contribution in [0.5, 0.6) is 28.7 Å². The maximum atomic E-state index is 6.47. The van der Waals surface area contributed by atoms with E-state index in [0.717, 1.165) is 46.1 Å². The van der Waals surface area contributed by atoms with E-state index in [9.17, 15) is 0 Å². The fourth-order valence-corrected chi connectivity index (χ4v) is 4.38. The van der Waals surface area contributed by atoms with E-state index < -0.39 is 6.23 Å². The van der Waals surface area contributed by atoms with Gasteiger partial charge in [-0.05, 0) is 66.2 Å². The molecule has 2 atom stereocenters. The fraction of sp³-hybridized carbons (Fsp3) is 0.269. The van der Waals surface area contributed by atoms with Crippen LogP contribution in [-0.2, 0) is 0 Å². The van der Waals surface area contributed by atoms with Gasteiger partial charge in [0, 0.05) is 17.5 Å². The van der Waals surface area contributed by atoms with Crippen LogP contribution in [0.25, 0.3) is 0 Å². The third-order valence-corrected chi connectivity index (χ3v) is 6.11. The average Bonchev–Trinajstić information content (AvgIpc) is 3.33. The number of rotatable bonds is 6. The first-order valence-electron chi connectivity index (χ1n) is 10.7. The number of hydrogen-bond acceptors (Lipinski definition) is 7. The van der Waals surface area contributed by atoms with E-state index in [1.54, 1.807) is 28.4 Å². The zero-order valence-corrected chi connectivity index (χ0v) is 19.1. The number of fused-ring (bicyclic) bond motifs is 3. The van der Waals surface area contributed by atoms with Crippen LogP contribution >= 0.6 is 0 Å². The van der Waals surface area contributed by atoms with E-state index >= 15 is 0 Å². The van der Waals surface area contributed by atoms with Crippen molar-refractivity contribution < 1.29 is 23.7 Å². The summed E-state index contributed by atoms with van der Waals surface area (Å²) in [5, 5.41) is 7.05. The summed E-state index contributed by atoms with van der Waals surface area (Å²) in [5.41, 5.74) is 4.03. The van der Waals surface area contributed by atoms with Crippen LogP contribution in [0.4, 0.5) is 0 Å². The molecule has 0 fully saturated rings. The van der Waals surface area contributed by atoms with E-state index in [1.165, 1.54) is 0 Å². The normalized spacial score (nSPS) is 18.5. The van der Waals surface area contributed by atoms with Crippen LogP contribution in [0.1, 0.15) is 35.4 Å². The summed E-state index contributed by atoms with van der Waals surface area (Å²) >= 11 is 0. The lowest BCUT2D eigenvalue weighted by atomic mass is 9.95. The highest BCUT2D eigenvalue weighted by Crippen LogP contribution is 2.49. The summed E-state index contributed by atoms with van der Waals surface area (Å²) in [6.45, 7) is 0. The summed E-state index contributed by atoms with van der Waals surface area (Å²) in [5.74, 6) is 3.75. The molecule has 0 bridgehead atoms. The van der Waals surface area contributed by atoms with Crippen LogP contribution in [0.3, 0.4) is 0 Å². The molecule has 3 aromatic rings. The van der Waals surface area contributed by atoms with Gasteiger partial charge in [-0.2, -0.15) is 5.10 Å². The van der Waals surface area contributed by atoms with E-state index in [2.05, 4.69) is 0 Å². The zero-order chi connectivity index (χ0) is 22.9. The molecule has 2 aliphatic rings. The minimum atomic E-state index is -0.411. The van der Waals surface area contributed by atoms with Crippen molar-refractivity contribution in [3.63, 3.8) is 0 Å². The van der Waals surface area contributed by atoms with Gasteiger partial charge in [0.05, 0.1) is 40.2 Å². The molecule has 0 amide bonds. The molecule has 170 valence electrons. The Labute approximate surface area is 193 Å². The Balaban J connectivity index is 1.58. The molecule has 0 radical (unpaired) electrons. The zero-order valence-electron chi connectivity index (χ0n) is 19.1. The molecule has 5 rings (SSSR count). The van der Waals surface area contributed by atoms with Crippen molar-refractivity contribution in [2.45, 2.75) is 18.7 Å². The van der Waals surface area contributed by atoms with Crippen molar-refractivity contribution >= 4 is 5.71 Å². The molecule has 3 aromatic carbocycles. The summed E-state index contributed by atoms with van der Waals surface area (Å²) in [6.07, 6.45) is 0.339. The highest BCUT2D eigenvalue weighted by atomic mass is 16.5. The van der Waals surface area contributed by atoms with Crippen molar-refractivity contribution in [1.29, 1.82) is 0 Å². The monoisotopic (exact) mass is 446 g/mol. The van der Waals surface area contributed by atoms with Crippen LogP contribution < -0.4 is 23.7 Å². The van der Waals surface area contributed by atoms with Crippen molar-refractivity contribution in [2.24, 2.45) is 5.10 Å². The standard InChI is InChI=1S/C26H26N2O5/c1-29-18-8-5-16(6-9-18)21-15-22-20-14-19(30-2)10-12-23(20)33-26(28(22)27-21)17-7-11-24(31-3)25(13-17)32-4/h5-14,22,26H,15H2,1-4H3/t22-,26+/m1/s1. The van der Waals surface area contributed by atoms with Gasteiger partial charge in [-0.25, -0.2) is 5.01 Å². The maximum Gasteiger partial charge on any atom is 0.214 e. The molecule has 0 unspecified atom stereocenters. The smallest absolute Gasteiger partial charge is 0.214 e. The predicted octanol–water partition coefficient (Wildman–Crippen LogP) is 4.96. The van der Waals surface area contributed by atoms with E-state index in [-0.39, 0.29) is 6.04 Å². The molecule has 2 heterocycles. The molecule has 0 saturated carbocycles. The van der Waals surface area contributed by atoms with E-state index in [4.69, 9.17) is 28.8 Å². The Hall–Kier alpha value is -3.87. The van der Waals surface area contributed by atoms with Crippen LogP contribution in [0.15, 0.2) is 65.8 Å². The van der Waals surface area contributed by atoms with Gasteiger partial charge in [-0.3, -0.25) is 0 Å². The highest BCUT2D eigenvalue weighted by Gasteiger charge is 2.41. The highest BCUT2D eigenvalue weighted by molar-refractivity contribution is 6.02. The average molecular weight is 447 g/mol. The quantitative estimate of drug-likeness (QED) is 0.533. The molecular weight excluding hydrogens is 420 g/mol. The number of benzene rings is 3. The van der Waals surface area contributed by atoms with Crippen molar-refractivity contribution in [3.05, 3.63) is 77.4 Å². The predicted molar refractivity (Wildman–Crippen MR) is 125 cm³/mol. The first-order chi connectivity index (χ1) is 16.1. The summed E-state index contributed by atoms with van der Waals surface area (Å²) < 4.78 is 28.2. The first-order valence-corrected chi connectivity index (χ1v) is 10.7. The molecule has 0 saturated heterocycles. The lowest BCUT2D eigenvalue weighted by Gasteiger charge is -2.38. The Morgan fingerprint density at radius 2 is 1.52 bits per heavy atom. The SMILES string of the molecule is COc1ccc(C2=NN3[C@H](C2)c2cc(OC)ccc2O[C@H]3c2ccc(OC)c(OC)c2)cc1. The van der Waals surface area contributed by atoms with Gasteiger partial charge in [0.15, 0.2) is 11.5 Å². The Bertz CT molecular complexity index is 1190. The Morgan fingerprint density at radius 1 is 0.788 bits per heavy atom. The molecule has 7 nitrogen and oxygen atoms in total. The minimum Gasteiger partial charge on any atom is -0.497 e.